The molecule has 0 aliphatic carbocycles. The predicted octanol–water partition coefficient (Wildman–Crippen LogP) is 4.13. The number of hydrogen-bond donors (Lipinski definition) is 1. The molecule has 3 aromatic heterocycles. The Morgan fingerprint density at radius 3 is 2.34 bits per heavy atom. The Bertz CT molecular complexity index is 1130. The summed E-state index contributed by atoms with van der Waals surface area (Å²) in [6, 6.07) is 5.00. The maximum Gasteiger partial charge on any atom is 0.295 e. The zero-order valence-electron chi connectivity index (χ0n) is 14.5. The van der Waals surface area contributed by atoms with Crippen molar-refractivity contribution < 1.29 is 22.0 Å². The second-order valence-electron chi connectivity index (χ2n) is 6.08. The molecule has 11 heteroatoms. The second kappa shape index (κ2) is 7.41. The van der Waals surface area contributed by atoms with E-state index in [1.807, 2.05) is 0 Å². The van der Waals surface area contributed by atoms with Gasteiger partial charge in [-0.2, -0.15) is 0 Å². The lowest BCUT2D eigenvalue weighted by Gasteiger charge is -2.02. The molecule has 3 heterocycles. The normalized spacial score (nSPS) is 11.4. The predicted molar refractivity (Wildman–Crippen MR) is 91.2 cm³/mol. The number of aromatic amines is 1. The van der Waals surface area contributed by atoms with Crippen molar-refractivity contribution in [3.05, 3.63) is 71.8 Å². The van der Waals surface area contributed by atoms with E-state index in [9.17, 15) is 22.0 Å². The minimum Gasteiger partial charge on any atom is -0.337 e. The summed E-state index contributed by atoms with van der Waals surface area (Å²) in [6.07, 6.45) is 1.52. The third-order valence-corrected chi connectivity index (χ3v) is 4.08. The molecule has 148 valence electrons. The van der Waals surface area contributed by atoms with E-state index in [1.54, 1.807) is 12.1 Å². The quantitative estimate of drug-likeness (QED) is 0.400. The lowest BCUT2D eigenvalue weighted by molar-refractivity contribution is 0.141. The van der Waals surface area contributed by atoms with Gasteiger partial charge < -0.3 is 4.98 Å². The Morgan fingerprint density at radius 2 is 1.72 bits per heavy atom. The molecule has 0 spiro atoms. The maximum absolute atomic E-state index is 13.4. The molecule has 4 aromatic rings. The molecular formula is C18H11F5N6. The van der Waals surface area contributed by atoms with Gasteiger partial charge in [-0.3, -0.25) is 4.98 Å². The van der Waals surface area contributed by atoms with Gasteiger partial charge in [0, 0.05) is 17.3 Å². The number of rotatable bonds is 5. The first-order valence-electron chi connectivity index (χ1n) is 8.24. The molecule has 0 radical (unpaired) electrons. The molecule has 1 aromatic carbocycles. The highest BCUT2D eigenvalue weighted by atomic mass is 19.3. The second-order valence-corrected chi connectivity index (χ2v) is 6.08. The minimum absolute atomic E-state index is 0.0463. The molecule has 4 rings (SSSR count). The molecule has 0 amide bonds. The van der Waals surface area contributed by atoms with Gasteiger partial charge in [-0.05, 0) is 24.3 Å². The fraction of sp³-hybridized carbons (Fsp3) is 0.111. The number of nitrogens with zero attached hydrogens (tertiary/aromatic N) is 5. The van der Waals surface area contributed by atoms with Crippen molar-refractivity contribution in [2.75, 3.05) is 0 Å². The van der Waals surface area contributed by atoms with Crippen molar-refractivity contribution in [1.29, 1.82) is 0 Å². The van der Waals surface area contributed by atoms with Crippen molar-refractivity contribution in [3.63, 3.8) is 0 Å². The van der Waals surface area contributed by atoms with Gasteiger partial charge in [-0.25, -0.2) is 31.6 Å². The number of imidazole rings is 1. The van der Waals surface area contributed by atoms with Gasteiger partial charge in [-0.15, -0.1) is 5.10 Å². The van der Waals surface area contributed by atoms with Gasteiger partial charge in [0.05, 0.1) is 30.3 Å². The first-order chi connectivity index (χ1) is 13.9. The molecular weight excluding hydrogens is 395 g/mol. The zero-order valence-corrected chi connectivity index (χ0v) is 14.5. The van der Waals surface area contributed by atoms with Crippen molar-refractivity contribution in [3.8, 4) is 22.5 Å². The summed E-state index contributed by atoms with van der Waals surface area (Å²) in [5.41, 5.74) is 1.77. The molecule has 0 atom stereocenters. The van der Waals surface area contributed by atoms with Gasteiger partial charge >= 0.3 is 0 Å². The van der Waals surface area contributed by atoms with Crippen LogP contribution in [0.15, 0.2) is 42.9 Å². The molecule has 0 saturated heterocycles. The fourth-order valence-corrected chi connectivity index (χ4v) is 2.65. The van der Waals surface area contributed by atoms with Crippen LogP contribution in [-0.2, 0) is 6.54 Å². The van der Waals surface area contributed by atoms with Crippen LogP contribution < -0.4 is 0 Å². The molecule has 0 fully saturated rings. The summed E-state index contributed by atoms with van der Waals surface area (Å²) in [5.74, 6) is -4.61. The number of halogens is 5. The van der Waals surface area contributed by atoms with Crippen LogP contribution in [0.4, 0.5) is 22.0 Å². The summed E-state index contributed by atoms with van der Waals surface area (Å²) in [6.45, 7) is 0.199. The monoisotopic (exact) mass is 406 g/mol. The standard InChI is InChI=1S/C18H11F5N6/c19-12-3-10(4-13(20)16(12)21)15-8-29(28-27-15)7-11-2-1-9(5-24-11)14-6-25-18(26-14)17(22)23/h1-6,8,17H,7H2,(H,25,26). The van der Waals surface area contributed by atoms with Crippen molar-refractivity contribution in [2.45, 2.75) is 13.0 Å². The van der Waals surface area contributed by atoms with E-state index in [1.165, 1.54) is 23.3 Å². The highest BCUT2D eigenvalue weighted by Crippen LogP contribution is 2.23. The molecule has 0 unspecified atom stereocenters. The SMILES string of the molecule is Fc1cc(-c2cn(Cc3ccc(-c4cnc(C(F)F)[nH]4)cn3)nn2)cc(F)c1F. The molecule has 6 nitrogen and oxygen atoms in total. The number of benzene rings is 1. The molecule has 1 N–H and O–H groups in total. The fourth-order valence-electron chi connectivity index (χ4n) is 2.65. The van der Waals surface area contributed by atoms with Crippen molar-refractivity contribution >= 4 is 0 Å². The van der Waals surface area contributed by atoms with E-state index in [0.29, 0.717) is 17.0 Å². The number of aromatic nitrogens is 6. The summed E-state index contributed by atoms with van der Waals surface area (Å²) >= 11 is 0. The lowest BCUT2D eigenvalue weighted by atomic mass is 10.1. The van der Waals surface area contributed by atoms with E-state index in [-0.39, 0.29) is 17.8 Å². The van der Waals surface area contributed by atoms with Gasteiger partial charge in [0.1, 0.15) is 5.69 Å². The topological polar surface area (TPSA) is 72.3 Å². The Kier molecular flexibility index (Phi) is 4.79. The van der Waals surface area contributed by atoms with E-state index >= 15 is 0 Å². The van der Waals surface area contributed by atoms with Crippen LogP contribution in [0.1, 0.15) is 17.9 Å². The van der Waals surface area contributed by atoms with E-state index in [4.69, 9.17) is 0 Å². The Hall–Kier alpha value is -3.63. The average Bonchev–Trinajstić information content (AvgIpc) is 3.36. The lowest BCUT2D eigenvalue weighted by Crippen LogP contribution is -2.02. The van der Waals surface area contributed by atoms with Crippen LogP contribution in [0.5, 0.6) is 0 Å². The van der Waals surface area contributed by atoms with E-state index in [0.717, 1.165) is 12.1 Å². The maximum atomic E-state index is 13.4. The number of nitrogens with one attached hydrogen (secondary N) is 1. The molecule has 0 aliphatic heterocycles. The van der Waals surface area contributed by atoms with E-state index in [2.05, 4.69) is 25.3 Å². The Balaban J connectivity index is 1.50. The highest BCUT2D eigenvalue weighted by Gasteiger charge is 2.14. The van der Waals surface area contributed by atoms with Crippen molar-refractivity contribution in [2.24, 2.45) is 0 Å². The highest BCUT2D eigenvalue weighted by molar-refractivity contribution is 5.58. The van der Waals surface area contributed by atoms with Crippen LogP contribution in [0.2, 0.25) is 0 Å². The van der Waals surface area contributed by atoms with Crippen molar-refractivity contribution in [1.82, 2.24) is 29.9 Å². The molecule has 0 aliphatic rings. The van der Waals surface area contributed by atoms with Crippen LogP contribution in [-0.4, -0.2) is 29.9 Å². The Labute approximate surface area is 160 Å². The van der Waals surface area contributed by atoms with Gasteiger partial charge in [0.15, 0.2) is 23.3 Å². The van der Waals surface area contributed by atoms with E-state index < -0.39 is 29.7 Å². The van der Waals surface area contributed by atoms with Crippen LogP contribution in [0.3, 0.4) is 0 Å². The summed E-state index contributed by atoms with van der Waals surface area (Å²) in [7, 11) is 0. The molecule has 0 saturated carbocycles. The van der Waals surface area contributed by atoms with Gasteiger partial charge in [0.2, 0.25) is 0 Å². The smallest absolute Gasteiger partial charge is 0.295 e. The molecule has 29 heavy (non-hydrogen) atoms. The van der Waals surface area contributed by atoms with Crippen LogP contribution in [0.25, 0.3) is 22.5 Å². The Morgan fingerprint density at radius 1 is 0.966 bits per heavy atom. The number of pyridine rings is 1. The van der Waals surface area contributed by atoms with Gasteiger partial charge in [-0.1, -0.05) is 5.21 Å². The first kappa shape index (κ1) is 18.7. The number of hydrogen-bond acceptors (Lipinski definition) is 4. The number of H-pyrrole nitrogens is 1. The summed E-state index contributed by atoms with van der Waals surface area (Å²) < 4.78 is 66.4. The largest absolute Gasteiger partial charge is 0.337 e. The van der Waals surface area contributed by atoms with Crippen LogP contribution in [0, 0.1) is 17.5 Å². The zero-order chi connectivity index (χ0) is 20.5. The third-order valence-electron chi connectivity index (χ3n) is 4.08. The average molecular weight is 406 g/mol. The van der Waals surface area contributed by atoms with Gasteiger partial charge in [0.25, 0.3) is 6.43 Å². The minimum atomic E-state index is -2.69. The third kappa shape index (κ3) is 3.84. The summed E-state index contributed by atoms with van der Waals surface area (Å²) in [5, 5.41) is 7.69. The first-order valence-corrected chi connectivity index (χ1v) is 8.24. The number of alkyl halides is 2. The molecule has 0 bridgehead atoms. The van der Waals surface area contributed by atoms with Crippen LogP contribution >= 0.6 is 0 Å². The summed E-state index contributed by atoms with van der Waals surface area (Å²) in [4.78, 5) is 10.3.